The fourth-order valence-electron chi connectivity index (χ4n) is 1.98. The molecule has 1 heterocycles. The van der Waals surface area contributed by atoms with Gasteiger partial charge in [0, 0.05) is 43.3 Å². The van der Waals surface area contributed by atoms with Gasteiger partial charge in [0.2, 0.25) is 0 Å². The van der Waals surface area contributed by atoms with Gasteiger partial charge in [0.05, 0.1) is 7.11 Å². The number of nitrogens with one attached hydrogen (secondary N) is 1. The molecule has 3 nitrogen and oxygen atoms in total. The van der Waals surface area contributed by atoms with Crippen LogP contribution in [-0.4, -0.2) is 38.2 Å². The lowest BCUT2D eigenvalue weighted by atomic mass is 10.1. The quantitative estimate of drug-likeness (QED) is 0.916. The van der Waals surface area contributed by atoms with Crippen molar-refractivity contribution in [1.82, 2.24) is 10.2 Å². The van der Waals surface area contributed by atoms with E-state index in [1.54, 1.807) is 7.11 Å². The second-order valence-electron chi connectivity index (χ2n) is 3.95. The zero-order valence-electron chi connectivity index (χ0n) is 9.91. The Balaban J connectivity index is 0.00000144. The smallest absolute Gasteiger partial charge is 0.124 e. The molecule has 5 heteroatoms. The largest absolute Gasteiger partial charge is 0.496 e. The van der Waals surface area contributed by atoms with E-state index in [-0.39, 0.29) is 12.4 Å². The first-order valence-electron chi connectivity index (χ1n) is 5.55. The fraction of sp³-hybridized carbons (Fsp3) is 0.500. The van der Waals surface area contributed by atoms with Gasteiger partial charge in [-0.3, -0.25) is 4.90 Å². The number of hydrogen-bond donors (Lipinski definition) is 1. The van der Waals surface area contributed by atoms with Crippen molar-refractivity contribution in [2.45, 2.75) is 6.54 Å². The third-order valence-corrected chi connectivity index (χ3v) is 3.24. The monoisotopic (exact) mass is 276 g/mol. The second kappa shape index (κ2) is 7.07. The Kier molecular flexibility index (Phi) is 6.06. The Morgan fingerprint density at radius 2 is 2.06 bits per heavy atom. The summed E-state index contributed by atoms with van der Waals surface area (Å²) in [6, 6.07) is 5.80. The predicted molar refractivity (Wildman–Crippen MR) is 73.4 cm³/mol. The number of ether oxygens (including phenoxy) is 1. The van der Waals surface area contributed by atoms with Crippen LogP contribution in [0.4, 0.5) is 0 Å². The summed E-state index contributed by atoms with van der Waals surface area (Å²) in [6.45, 7) is 5.09. The molecule has 17 heavy (non-hydrogen) atoms. The standard InChI is InChI=1S/C12H17ClN2O.ClH/c1-16-12-4-2-3-11(13)10(12)9-15-7-5-14-6-8-15;/h2-4,14H,5-9H2,1H3;1H. The lowest BCUT2D eigenvalue weighted by Crippen LogP contribution is -2.42. The molecule has 2 rings (SSSR count). The minimum Gasteiger partial charge on any atom is -0.496 e. The fourth-order valence-corrected chi connectivity index (χ4v) is 2.20. The van der Waals surface area contributed by atoms with Gasteiger partial charge in [-0.05, 0) is 12.1 Å². The molecular weight excluding hydrogens is 259 g/mol. The van der Waals surface area contributed by atoms with Gasteiger partial charge < -0.3 is 10.1 Å². The number of methoxy groups -OCH3 is 1. The molecule has 1 saturated heterocycles. The molecule has 0 bridgehead atoms. The Morgan fingerprint density at radius 3 is 2.71 bits per heavy atom. The van der Waals surface area contributed by atoms with Gasteiger partial charge in [-0.1, -0.05) is 17.7 Å². The number of benzene rings is 1. The molecule has 0 unspecified atom stereocenters. The van der Waals surface area contributed by atoms with Crippen LogP contribution in [0.25, 0.3) is 0 Å². The first kappa shape index (κ1) is 14.6. The van der Waals surface area contributed by atoms with E-state index in [0.717, 1.165) is 49.1 Å². The molecule has 1 aliphatic rings. The van der Waals surface area contributed by atoms with E-state index in [0.29, 0.717) is 0 Å². The normalized spacial score (nSPS) is 16.4. The molecule has 1 N–H and O–H groups in total. The highest BCUT2D eigenvalue weighted by Crippen LogP contribution is 2.27. The Morgan fingerprint density at radius 1 is 1.35 bits per heavy atom. The van der Waals surface area contributed by atoms with Crippen LogP contribution < -0.4 is 10.1 Å². The van der Waals surface area contributed by atoms with E-state index < -0.39 is 0 Å². The van der Waals surface area contributed by atoms with Crippen molar-refractivity contribution < 1.29 is 4.74 Å². The molecule has 0 saturated carbocycles. The van der Waals surface area contributed by atoms with Gasteiger partial charge in [0.1, 0.15) is 5.75 Å². The summed E-state index contributed by atoms with van der Waals surface area (Å²) in [5.41, 5.74) is 1.09. The molecule has 1 fully saturated rings. The summed E-state index contributed by atoms with van der Waals surface area (Å²) in [6.07, 6.45) is 0. The molecule has 96 valence electrons. The van der Waals surface area contributed by atoms with Crippen LogP contribution in [0.15, 0.2) is 18.2 Å². The van der Waals surface area contributed by atoms with Gasteiger partial charge in [0.15, 0.2) is 0 Å². The molecule has 0 spiro atoms. The van der Waals surface area contributed by atoms with Crippen molar-refractivity contribution in [2.24, 2.45) is 0 Å². The molecule has 1 aliphatic heterocycles. The van der Waals surface area contributed by atoms with Gasteiger partial charge >= 0.3 is 0 Å². The Labute approximate surface area is 113 Å². The lowest BCUT2D eigenvalue weighted by Gasteiger charge is -2.28. The van der Waals surface area contributed by atoms with E-state index in [2.05, 4.69) is 10.2 Å². The van der Waals surface area contributed by atoms with Crippen LogP contribution in [0.3, 0.4) is 0 Å². The summed E-state index contributed by atoms with van der Waals surface area (Å²) in [5.74, 6) is 0.881. The second-order valence-corrected chi connectivity index (χ2v) is 4.35. The molecule has 0 aliphatic carbocycles. The van der Waals surface area contributed by atoms with Gasteiger partial charge in [-0.2, -0.15) is 0 Å². The van der Waals surface area contributed by atoms with Gasteiger partial charge in [-0.25, -0.2) is 0 Å². The van der Waals surface area contributed by atoms with E-state index in [4.69, 9.17) is 16.3 Å². The maximum atomic E-state index is 6.21. The van der Waals surface area contributed by atoms with Crippen molar-refractivity contribution in [1.29, 1.82) is 0 Å². The van der Waals surface area contributed by atoms with E-state index in [9.17, 15) is 0 Å². The van der Waals surface area contributed by atoms with E-state index in [1.165, 1.54) is 0 Å². The van der Waals surface area contributed by atoms with Crippen molar-refractivity contribution in [2.75, 3.05) is 33.3 Å². The van der Waals surface area contributed by atoms with Crippen molar-refractivity contribution in [3.63, 3.8) is 0 Å². The van der Waals surface area contributed by atoms with E-state index >= 15 is 0 Å². The first-order valence-corrected chi connectivity index (χ1v) is 5.93. The lowest BCUT2D eigenvalue weighted by molar-refractivity contribution is 0.230. The van der Waals surface area contributed by atoms with Crippen LogP contribution in [0.2, 0.25) is 5.02 Å². The Bertz CT molecular complexity index is 354. The van der Waals surface area contributed by atoms with Crippen molar-refractivity contribution in [3.05, 3.63) is 28.8 Å². The topological polar surface area (TPSA) is 24.5 Å². The molecular formula is C12H18Cl2N2O. The SMILES string of the molecule is COc1cccc(Cl)c1CN1CCNCC1.Cl. The van der Waals surface area contributed by atoms with Crippen LogP contribution in [0.1, 0.15) is 5.56 Å². The van der Waals surface area contributed by atoms with Gasteiger partial charge in [0.25, 0.3) is 0 Å². The minimum atomic E-state index is 0. The highest BCUT2D eigenvalue weighted by Gasteiger charge is 2.14. The van der Waals surface area contributed by atoms with Gasteiger partial charge in [-0.15, -0.1) is 12.4 Å². The maximum Gasteiger partial charge on any atom is 0.124 e. The van der Waals surface area contributed by atoms with E-state index in [1.807, 2.05) is 18.2 Å². The maximum absolute atomic E-state index is 6.21. The molecule has 0 amide bonds. The van der Waals surface area contributed by atoms with Crippen LogP contribution in [0.5, 0.6) is 5.75 Å². The summed E-state index contributed by atoms with van der Waals surface area (Å²) < 4.78 is 5.34. The minimum absolute atomic E-state index is 0. The average Bonchev–Trinajstić information content (AvgIpc) is 2.33. The summed E-state index contributed by atoms with van der Waals surface area (Å²) in [5, 5.41) is 4.13. The predicted octanol–water partition coefficient (Wildman–Crippen LogP) is 2.18. The molecule has 1 aromatic carbocycles. The summed E-state index contributed by atoms with van der Waals surface area (Å²) >= 11 is 6.21. The number of halogens is 2. The molecule has 0 atom stereocenters. The number of piperazine rings is 1. The van der Waals surface area contributed by atoms with Crippen molar-refractivity contribution in [3.8, 4) is 5.75 Å². The number of nitrogens with zero attached hydrogens (tertiary/aromatic N) is 1. The highest BCUT2D eigenvalue weighted by atomic mass is 35.5. The first-order chi connectivity index (χ1) is 7.81. The zero-order valence-corrected chi connectivity index (χ0v) is 11.5. The zero-order chi connectivity index (χ0) is 11.4. The number of rotatable bonds is 3. The third-order valence-electron chi connectivity index (χ3n) is 2.89. The molecule has 1 aromatic rings. The third kappa shape index (κ3) is 3.75. The van der Waals surface area contributed by atoms with Crippen LogP contribution in [0, 0.1) is 0 Å². The van der Waals surface area contributed by atoms with Crippen molar-refractivity contribution >= 4 is 24.0 Å². The molecule has 0 aromatic heterocycles. The van der Waals surface area contributed by atoms with Crippen LogP contribution >= 0.6 is 24.0 Å². The molecule has 0 radical (unpaired) electrons. The highest BCUT2D eigenvalue weighted by molar-refractivity contribution is 6.31. The summed E-state index contributed by atoms with van der Waals surface area (Å²) in [7, 11) is 1.69. The summed E-state index contributed by atoms with van der Waals surface area (Å²) in [4.78, 5) is 2.39. The average molecular weight is 277 g/mol. The van der Waals surface area contributed by atoms with Crippen LogP contribution in [-0.2, 0) is 6.54 Å². The Hall–Kier alpha value is -0.480. The number of hydrogen-bond acceptors (Lipinski definition) is 3.